The number of hydrogen-bond donors (Lipinski definition) is 0. The molecule has 0 amide bonds. The van der Waals surface area contributed by atoms with E-state index in [0.717, 1.165) is 28.3 Å². The quantitative estimate of drug-likeness (QED) is 0.507. The lowest BCUT2D eigenvalue weighted by Crippen LogP contribution is -2.05. The van der Waals surface area contributed by atoms with Crippen molar-refractivity contribution >= 4 is 0 Å². The molecule has 4 rings (SSSR count). The van der Waals surface area contributed by atoms with E-state index in [0.29, 0.717) is 6.54 Å². The fraction of sp³-hybridized carbons (Fsp3) is 0.190. The molecular formula is C21H20FN5O. The van der Waals surface area contributed by atoms with Gasteiger partial charge in [-0.2, -0.15) is 10.2 Å². The van der Waals surface area contributed by atoms with Crippen molar-refractivity contribution in [3.8, 4) is 22.7 Å². The van der Waals surface area contributed by atoms with E-state index in [2.05, 4.69) is 10.1 Å². The highest BCUT2D eigenvalue weighted by Gasteiger charge is 2.14. The zero-order valence-corrected chi connectivity index (χ0v) is 15.7. The highest BCUT2D eigenvalue weighted by atomic mass is 19.1. The summed E-state index contributed by atoms with van der Waals surface area (Å²) in [7, 11) is 0. The molecule has 2 heterocycles. The third-order valence-electron chi connectivity index (χ3n) is 4.18. The summed E-state index contributed by atoms with van der Waals surface area (Å²) in [5.41, 5.74) is 3.56. The molecule has 0 fully saturated rings. The Labute approximate surface area is 162 Å². The first-order valence-corrected chi connectivity index (χ1v) is 9.02. The van der Waals surface area contributed by atoms with Gasteiger partial charge in [0.2, 0.25) is 0 Å². The van der Waals surface area contributed by atoms with Gasteiger partial charge in [0.25, 0.3) is 0 Å². The maximum absolute atomic E-state index is 13.3. The first-order valence-electron chi connectivity index (χ1n) is 9.02. The molecule has 0 saturated carbocycles. The van der Waals surface area contributed by atoms with Gasteiger partial charge in [0.1, 0.15) is 24.2 Å². The van der Waals surface area contributed by atoms with Crippen LogP contribution in [0.25, 0.3) is 16.9 Å². The molecule has 142 valence electrons. The molecule has 0 radical (unpaired) electrons. The second kappa shape index (κ2) is 7.64. The summed E-state index contributed by atoms with van der Waals surface area (Å²) in [4.78, 5) is 4.00. The van der Waals surface area contributed by atoms with E-state index in [9.17, 15) is 4.39 Å². The van der Waals surface area contributed by atoms with Crippen LogP contribution in [-0.2, 0) is 6.54 Å². The lowest BCUT2D eigenvalue weighted by molar-refractivity contribution is 0.242. The molecule has 4 aromatic rings. The average molecular weight is 377 g/mol. The van der Waals surface area contributed by atoms with Crippen LogP contribution in [0.5, 0.6) is 5.75 Å². The number of aromatic nitrogens is 5. The van der Waals surface area contributed by atoms with Crippen molar-refractivity contribution in [2.75, 3.05) is 0 Å². The summed E-state index contributed by atoms with van der Waals surface area (Å²) in [5.74, 6) is 0.536. The first kappa shape index (κ1) is 17.9. The van der Waals surface area contributed by atoms with Crippen LogP contribution < -0.4 is 4.74 Å². The third-order valence-corrected chi connectivity index (χ3v) is 4.18. The largest absolute Gasteiger partial charge is 0.491 e. The summed E-state index contributed by atoms with van der Waals surface area (Å²) in [6, 6.07) is 14.1. The molecule has 0 saturated heterocycles. The average Bonchev–Trinajstić information content (AvgIpc) is 3.33. The standard InChI is InChI=1S/C21H20FN5O/c1-15(2)28-20-9-3-16(4-10-20)21-17(11-26-14-23-13-24-26)12-27(25-21)19-7-5-18(22)6-8-19/h3-10,12-15H,11H2,1-2H3. The van der Waals surface area contributed by atoms with Gasteiger partial charge in [-0.1, -0.05) is 0 Å². The van der Waals surface area contributed by atoms with Crippen LogP contribution in [0.1, 0.15) is 19.4 Å². The Morgan fingerprint density at radius 2 is 1.79 bits per heavy atom. The summed E-state index contributed by atoms with van der Waals surface area (Å²) in [6.07, 6.45) is 5.22. The minimum atomic E-state index is -0.278. The van der Waals surface area contributed by atoms with Crippen molar-refractivity contribution in [3.05, 3.63) is 78.8 Å². The molecule has 7 heteroatoms. The Bertz CT molecular complexity index is 1040. The molecule has 0 unspecified atom stereocenters. The van der Waals surface area contributed by atoms with Gasteiger partial charge < -0.3 is 4.74 Å². The second-order valence-electron chi connectivity index (χ2n) is 6.71. The smallest absolute Gasteiger partial charge is 0.137 e. The normalized spacial score (nSPS) is 11.1. The number of benzene rings is 2. The molecule has 2 aromatic heterocycles. The topological polar surface area (TPSA) is 57.8 Å². The SMILES string of the molecule is CC(C)Oc1ccc(-c2nn(-c3ccc(F)cc3)cc2Cn2cncn2)cc1. The molecule has 0 aliphatic carbocycles. The van der Waals surface area contributed by atoms with E-state index >= 15 is 0 Å². The van der Waals surface area contributed by atoms with E-state index in [1.54, 1.807) is 27.8 Å². The van der Waals surface area contributed by atoms with Crippen LogP contribution in [0.15, 0.2) is 67.4 Å². The Kier molecular flexibility index (Phi) is 4.89. The molecule has 2 aromatic carbocycles. The maximum atomic E-state index is 13.3. The third kappa shape index (κ3) is 3.93. The summed E-state index contributed by atoms with van der Waals surface area (Å²) >= 11 is 0. The fourth-order valence-electron chi connectivity index (χ4n) is 2.95. The van der Waals surface area contributed by atoms with Crippen molar-refractivity contribution < 1.29 is 9.13 Å². The monoisotopic (exact) mass is 377 g/mol. The van der Waals surface area contributed by atoms with Crippen LogP contribution in [0, 0.1) is 5.82 Å². The zero-order valence-electron chi connectivity index (χ0n) is 15.7. The van der Waals surface area contributed by atoms with Crippen molar-refractivity contribution in [2.24, 2.45) is 0 Å². The van der Waals surface area contributed by atoms with Crippen LogP contribution in [0.3, 0.4) is 0 Å². The van der Waals surface area contributed by atoms with Gasteiger partial charge in [0.15, 0.2) is 0 Å². The minimum Gasteiger partial charge on any atom is -0.491 e. The summed E-state index contributed by atoms with van der Waals surface area (Å²) in [5, 5.41) is 8.93. The van der Waals surface area contributed by atoms with Gasteiger partial charge in [-0.05, 0) is 62.4 Å². The highest BCUT2D eigenvalue weighted by molar-refractivity contribution is 5.64. The molecule has 0 N–H and O–H groups in total. The number of halogens is 1. The Morgan fingerprint density at radius 3 is 2.43 bits per heavy atom. The van der Waals surface area contributed by atoms with Gasteiger partial charge >= 0.3 is 0 Å². The Hall–Kier alpha value is -3.48. The number of nitrogens with zero attached hydrogens (tertiary/aromatic N) is 5. The highest BCUT2D eigenvalue weighted by Crippen LogP contribution is 2.27. The van der Waals surface area contributed by atoms with Gasteiger partial charge in [-0.25, -0.2) is 18.7 Å². The minimum absolute atomic E-state index is 0.117. The van der Waals surface area contributed by atoms with Crippen LogP contribution >= 0.6 is 0 Å². The predicted molar refractivity (Wildman–Crippen MR) is 104 cm³/mol. The maximum Gasteiger partial charge on any atom is 0.137 e. The lowest BCUT2D eigenvalue weighted by atomic mass is 10.1. The van der Waals surface area contributed by atoms with E-state index in [-0.39, 0.29) is 11.9 Å². The Balaban J connectivity index is 1.72. The van der Waals surface area contributed by atoms with Gasteiger partial charge in [0.05, 0.1) is 24.0 Å². The molecule has 0 aliphatic rings. The fourth-order valence-corrected chi connectivity index (χ4v) is 2.95. The summed E-state index contributed by atoms with van der Waals surface area (Å²) in [6.45, 7) is 4.52. The van der Waals surface area contributed by atoms with Crippen molar-refractivity contribution in [1.29, 1.82) is 0 Å². The van der Waals surface area contributed by atoms with E-state index < -0.39 is 0 Å². The molecule has 0 aliphatic heterocycles. The summed E-state index contributed by atoms with van der Waals surface area (Å²) < 4.78 is 22.5. The molecule has 6 nitrogen and oxygen atoms in total. The first-order chi connectivity index (χ1) is 13.6. The molecule has 0 bridgehead atoms. The Morgan fingerprint density at radius 1 is 1.04 bits per heavy atom. The van der Waals surface area contributed by atoms with Crippen molar-refractivity contribution in [2.45, 2.75) is 26.5 Å². The van der Waals surface area contributed by atoms with Gasteiger partial charge in [-0.3, -0.25) is 0 Å². The van der Waals surface area contributed by atoms with E-state index in [4.69, 9.17) is 9.84 Å². The predicted octanol–water partition coefficient (Wildman–Crippen LogP) is 4.11. The van der Waals surface area contributed by atoms with E-state index in [1.165, 1.54) is 18.5 Å². The lowest BCUT2D eigenvalue weighted by Gasteiger charge is -2.10. The van der Waals surface area contributed by atoms with Crippen LogP contribution in [0.2, 0.25) is 0 Å². The molecule has 0 atom stereocenters. The number of hydrogen-bond acceptors (Lipinski definition) is 4. The van der Waals surface area contributed by atoms with Gasteiger partial charge in [-0.15, -0.1) is 0 Å². The number of ether oxygens (including phenoxy) is 1. The van der Waals surface area contributed by atoms with Crippen molar-refractivity contribution in [1.82, 2.24) is 24.5 Å². The second-order valence-corrected chi connectivity index (χ2v) is 6.71. The molecule has 0 spiro atoms. The molecule has 28 heavy (non-hydrogen) atoms. The number of rotatable bonds is 6. The van der Waals surface area contributed by atoms with Gasteiger partial charge in [0, 0.05) is 17.3 Å². The zero-order chi connectivity index (χ0) is 19.5. The molecular weight excluding hydrogens is 357 g/mol. The van der Waals surface area contributed by atoms with Crippen LogP contribution in [-0.4, -0.2) is 30.6 Å². The van der Waals surface area contributed by atoms with E-state index in [1.807, 2.05) is 44.3 Å². The van der Waals surface area contributed by atoms with Crippen LogP contribution in [0.4, 0.5) is 4.39 Å². The van der Waals surface area contributed by atoms with Crippen molar-refractivity contribution in [3.63, 3.8) is 0 Å².